The SMILES string of the molecule is CCNC(CCSCCC#CC#CC(=O)OP)C(C)CCCO. The van der Waals surface area contributed by atoms with E-state index in [1.807, 2.05) is 21.2 Å². The van der Waals surface area contributed by atoms with Crippen molar-refractivity contribution in [1.29, 1.82) is 0 Å². The molecule has 0 saturated carbocycles. The predicted octanol–water partition coefficient (Wildman–Crippen LogP) is 2.23. The number of aliphatic hydroxyl groups is 1. The van der Waals surface area contributed by atoms with E-state index in [4.69, 9.17) is 5.11 Å². The first-order valence-corrected chi connectivity index (χ1v) is 9.59. The van der Waals surface area contributed by atoms with Crippen LogP contribution in [0.25, 0.3) is 0 Å². The molecule has 0 aromatic heterocycles. The number of hydrogen-bond acceptors (Lipinski definition) is 5. The van der Waals surface area contributed by atoms with E-state index in [1.165, 1.54) is 0 Å². The smallest absolute Gasteiger partial charge is 0.387 e. The van der Waals surface area contributed by atoms with Gasteiger partial charge in [0.1, 0.15) is 0 Å². The Morgan fingerprint density at radius 2 is 2.13 bits per heavy atom. The lowest BCUT2D eigenvalue weighted by molar-refractivity contribution is -0.126. The molecule has 0 amide bonds. The Hall–Kier alpha value is -0.710. The second-order valence-corrected chi connectivity index (χ2v) is 6.58. The first-order valence-electron chi connectivity index (χ1n) is 7.97. The third kappa shape index (κ3) is 13.4. The Bertz CT molecular complexity index is 437. The summed E-state index contributed by atoms with van der Waals surface area (Å²) in [6.07, 6.45) is 3.82. The summed E-state index contributed by atoms with van der Waals surface area (Å²) in [5, 5.41) is 12.5. The van der Waals surface area contributed by atoms with Crippen LogP contribution in [0.5, 0.6) is 0 Å². The van der Waals surface area contributed by atoms with Crippen LogP contribution in [0.4, 0.5) is 0 Å². The first kappa shape index (κ1) is 22.3. The molecule has 0 aliphatic heterocycles. The highest BCUT2D eigenvalue weighted by molar-refractivity contribution is 7.99. The number of thioether (sulfide) groups is 1. The highest BCUT2D eigenvalue weighted by atomic mass is 32.2. The summed E-state index contributed by atoms with van der Waals surface area (Å²) < 4.78 is 4.31. The molecule has 2 N–H and O–H groups in total. The van der Waals surface area contributed by atoms with Crippen molar-refractivity contribution in [3.63, 3.8) is 0 Å². The van der Waals surface area contributed by atoms with Crippen molar-refractivity contribution in [2.24, 2.45) is 5.92 Å². The van der Waals surface area contributed by atoms with Crippen molar-refractivity contribution in [3.8, 4) is 23.7 Å². The van der Waals surface area contributed by atoms with Gasteiger partial charge in [0.15, 0.2) is 0 Å². The van der Waals surface area contributed by atoms with E-state index < -0.39 is 5.97 Å². The van der Waals surface area contributed by atoms with Crippen molar-refractivity contribution in [1.82, 2.24) is 5.32 Å². The lowest BCUT2D eigenvalue weighted by atomic mass is 9.95. The van der Waals surface area contributed by atoms with Crippen LogP contribution in [-0.4, -0.2) is 41.8 Å². The average molecular weight is 357 g/mol. The van der Waals surface area contributed by atoms with Crippen LogP contribution in [-0.2, 0) is 9.32 Å². The molecule has 0 bridgehead atoms. The highest BCUT2D eigenvalue weighted by Crippen LogP contribution is 2.16. The van der Waals surface area contributed by atoms with Crippen LogP contribution in [0.3, 0.4) is 0 Å². The fraction of sp³-hybridized carbons (Fsp3) is 0.706. The van der Waals surface area contributed by atoms with Gasteiger partial charge in [0.25, 0.3) is 0 Å². The largest absolute Gasteiger partial charge is 0.442 e. The molecule has 130 valence electrons. The molecule has 0 aliphatic rings. The number of nitrogens with one attached hydrogen (secondary N) is 1. The summed E-state index contributed by atoms with van der Waals surface area (Å²) in [5.41, 5.74) is 0. The predicted molar refractivity (Wildman–Crippen MR) is 101 cm³/mol. The first-order chi connectivity index (χ1) is 11.2. The number of carbonyl (C=O) groups is 1. The summed E-state index contributed by atoms with van der Waals surface area (Å²) in [7, 11) is 1.86. The molecule has 6 heteroatoms. The second kappa shape index (κ2) is 16.2. The zero-order chi connectivity index (χ0) is 17.3. The van der Waals surface area contributed by atoms with Crippen LogP contribution in [0, 0.1) is 29.6 Å². The monoisotopic (exact) mass is 357 g/mol. The molecule has 3 unspecified atom stereocenters. The summed E-state index contributed by atoms with van der Waals surface area (Å²) in [5.74, 6) is 12.3. The van der Waals surface area contributed by atoms with E-state index in [0.29, 0.717) is 12.0 Å². The molecule has 23 heavy (non-hydrogen) atoms. The Morgan fingerprint density at radius 1 is 1.35 bits per heavy atom. The second-order valence-electron chi connectivity index (χ2n) is 5.12. The van der Waals surface area contributed by atoms with Gasteiger partial charge in [-0.3, -0.25) is 0 Å². The standard InChI is InChI=1S/C17H28NO3PS/c1-3-18-16(15(2)9-8-12-19)11-14-23-13-7-5-4-6-10-17(20)21-22/h15-16,18-19H,3,7-9,11-14,22H2,1-2H3. The van der Waals surface area contributed by atoms with Crippen molar-refractivity contribution >= 4 is 27.2 Å². The zero-order valence-corrected chi connectivity index (χ0v) is 16.0. The van der Waals surface area contributed by atoms with Crippen LogP contribution >= 0.6 is 21.2 Å². The van der Waals surface area contributed by atoms with Gasteiger partial charge in [-0.1, -0.05) is 19.8 Å². The van der Waals surface area contributed by atoms with Gasteiger partial charge in [0, 0.05) is 30.7 Å². The fourth-order valence-corrected chi connectivity index (χ4v) is 3.05. The molecule has 3 atom stereocenters. The van der Waals surface area contributed by atoms with Crippen LogP contribution in [0.1, 0.15) is 39.5 Å². The summed E-state index contributed by atoms with van der Waals surface area (Å²) in [4.78, 5) is 10.7. The molecular formula is C17H28NO3PS. The van der Waals surface area contributed by atoms with Crippen molar-refractivity contribution < 1.29 is 14.4 Å². The fourth-order valence-electron chi connectivity index (χ4n) is 2.12. The Kier molecular flexibility index (Phi) is 15.7. The van der Waals surface area contributed by atoms with Gasteiger partial charge in [0.2, 0.25) is 0 Å². The molecule has 0 aromatic carbocycles. The summed E-state index contributed by atoms with van der Waals surface area (Å²) in [6.45, 7) is 5.62. The van der Waals surface area contributed by atoms with E-state index in [9.17, 15) is 4.79 Å². The van der Waals surface area contributed by atoms with Crippen LogP contribution in [0.15, 0.2) is 0 Å². The molecule has 0 aliphatic carbocycles. The quantitative estimate of drug-likeness (QED) is 0.337. The van der Waals surface area contributed by atoms with Crippen molar-refractivity contribution in [2.75, 3.05) is 24.7 Å². The lowest BCUT2D eigenvalue weighted by Gasteiger charge is -2.24. The van der Waals surface area contributed by atoms with Gasteiger partial charge < -0.3 is 14.9 Å². The lowest BCUT2D eigenvalue weighted by Crippen LogP contribution is -2.35. The Balaban J connectivity index is 3.87. The minimum absolute atomic E-state index is 0.272. The van der Waals surface area contributed by atoms with Gasteiger partial charge >= 0.3 is 5.97 Å². The number of carbonyl (C=O) groups excluding carboxylic acids is 1. The normalized spacial score (nSPS) is 12.3. The van der Waals surface area contributed by atoms with Gasteiger partial charge in [0.05, 0.1) is 9.47 Å². The maximum Gasteiger partial charge on any atom is 0.387 e. The van der Waals surface area contributed by atoms with Gasteiger partial charge in [-0.15, -0.1) is 0 Å². The minimum Gasteiger partial charge on any atom is -0.442 e. The van der Waals surface area contributed by atoms with E-state index in [-0.39, 0.29) is 6.61 Å². The van der Waals surface area contributed by atoms with Crippen molar-refractivity contribution in [2.45, 2.75) is 45.6 Å². The molecule has 0 radical (unpaired) electrons. The molecule has 0 fully saturated rings. The number of hydrogen-bond donors (Lipinski definition) is 2. The number of aliphatic hydroxyl groups excluding tert-OH is 1. The van der Waals surface area contributed by atoms with Crippen LogP contribution in [0.2, 0.25) is 0 Å². The van der Waals surface area contributed by atoms with E-state index >= 15 is 0 Å². The molecule has 4 nitrogen and oxygen atoms in total. The van der Waals surface area contributed by atoms with Crippen molar-refractivity contribution in [3.05, 3.63) is 0 Å². The van der Waals surface area contributed by atoms with Gasteiger partial charge in [-0.25, -0.2) is 4.79 Å². The topological polar surface area (TPSA) is 58.6 Å². The van der Waals surface area contributed by atoms with Gasteiger partial charge in [-0.2, -0.15) is 11.8 Å². The van der Waals surface area contributed by atoms with E-state index in [2.05, 4.69) is 47.4 Å². The van der Waals surface area contributed by atoms with Gasteiger partial charge in [-0.05, 0) is 49.3 Å². The minimum atomic E-state index is -0.594. The van der Waals surface area contributed by atoms with Crippen LogP contribution < -0.4 is 5.32 Å². The maximum absolute atomic E-state index is 10.7. The highest BCUT2D eigenvalue weighted by Gasteiger charge is 2.15. The molecule has 0 rings (SSSR count). The third-order valence-corrected chi connectivity index (χ3v) is 4.57. The molecule has 0 spiro atoms. The molecule has 0 heterocycles. The third-order valence-electron chi connectivity index (χ3n) is 3.34. The van der Waals surface area contributed by atoms with E-state index in [0.717, 1.165) is 43.7 Å². The molecule has 0 saturated heterocycles. The summed E-state index contributed by atoms with van der Waals surface area (Å²) >= 11 is 1.88. The number of rotatable bonds is 11. The Morgan fingerprint density at radius 3 is 2.78 bits per heavy atom. The molecular weight excluding hydrogens is 329 g/mol. The average Bonchev–Trinajstić information content (AvgIpc) is 2.56. The summed E-state index contributed by atoms with van der Waals surface area (Å²) in [6, 6.07) is 0.508. The molecule has 0 aromatic rings. The zero-order valence-electron chi connectivity index (χ0n) is 14.1. The Labute approximate surface area is 147 Å². The maximum atomic E-state index is 10.7. The van der Waals surface area contributed by atoms with E-state index in [1.54, 1.807) is 0 Å².